The van der Waals surface area contributed by atoms with Crippen LogP contribution in [0, 0.1) is 13.8 Å². The van der Waals surface area contributed by atoms with Crippen LogP contribution in [0.15, 0.2) is 12.3 Å². The first-order chi connectivity index (χ1) is 8.61. The molecule has 0 aliphatic rings. The number of hydrogen-bond acceptors (Lipinski definition) is 3. The van der Waals surface area contributed by atoms with Crippen LogP contribution in [0.3, 0.4) is 0 Å². The molecule has 5 nitrogen and oxygen atoms in total. The Labute approximate surface area is 108 Å². The third kappa shape index (κ3) is 2.61. The lowest BCUT2D eigenvalue weighted by Crippen LogP contribution is -2.16. The Balaban J connectivity index is 1.94. The molecule has 2 heterocycles. The molecule has 2 aromatic heterocycles. The summed E-state index contributed by atoms with van der Waals surface area (Å²) in [5, 5.41) is 12.1. The number of nitrogens with zero attached hydrogens (tertiary/aromatic N) is 4. The third-order valence-electron chi connectivity index (χ3n) is 3.24. The number of nitrogens with one attached hydrogen (secondary N) is 1. The minimum absolute atomic E-state index is 0.836. The lowest BCUT2D eigenvalue weighted by Gasteiger charge is -2.06. The van der Waals surface area contributed by atoms with Gasteiger partial charge in [0.05, 0.1) is 17.6 Å². The van der Waals surface area contributed by atoms with Crippen molar-refractivity contribution in [3.05, 3.63) is 34.9 Å². The maximum absolute atomic E-state index is 4.44. The van der Waals surface area contributed by atoms with E-state index in [-0.39, 0.29) is 0 Å². The van der Waals surface area contributed by atoms with Crippen molar-refractivity contribution in [2.75, 3.05) is 0 Å². The van der Waals surface area contributed by atoms with Gasteiger partial charge in [-0.25, -0.2) is 0 Å². The van der Waals surface area contributed by atoms with Gasteiger partial charge < -0.3 is 5.32 Å². The van der Waals surface area contributed by atoms with Gasteiger partial charge in [-0.15, -0.1) is 0 Å². The fourth-order valence-corrected chi connectivity index (χ4v) is 2.06. The SMILES string of the molecule is CCn1nc(C)cc1CNCc1cnn(C)c1C. The molecule has 5 heteroatoms. The van der Waals surface area contributed by atoms with Gasteiger partial charge in [-0.3, -0.25) is 9.36 Å². The number of rotatable bonds is 5. The predicted octanol–water partition coefficient (Wildman–Crippen LogP) is 1.54. The Kier molecular flexibility index (Phi) is 3.81. The fourth-order valence-electron chi connectivity index (χ4n) is 2.06. The molecule has 0 aliphatic carbocycles. The number of aryl methyl sites for hydroxylation is 3. The van der Waals surface area contributed by atoms with Gasteiger partial charge in [-0.1, -0.05) is 0 Å². The van der Waals surface area contributed by atoms with Gasteiger partial charge >= 0.3 is 0 Å². The van der Waals surface area contributed by atoms with Crippen molar-refractivity contribution in [1.29, 1.82) is 0 Å². The van der Waals surface area contributed by atoms with Crippen LogP contribution in [0.5, 0.6) is 0 Å². The third-order valence-corrected chi connectivity index (χ3v) is 3.24. The molecule has 0 unspecified atom stereocenters. The zero-order valence-corrected chi connectivity index (χ0v) is 11.6. The average Bonchev–Trinajstić information content (AvgIpc) is 2.86. The normalized spacial score (nSPS) is 11.1. The maximum atomic E-state index is 4.44. The number of hydrogen-bond donors (Lipinski definition) is 1. The van der Waals surface area contributed by atoms with E-state index in [1.54, 1.807) is 0 Å². The van der Waals surface area contributed by atoms with E-state index in [0.29, 0.717) is 0 Å². The van der Waals surface area contributed by atoms with Gasteiger partial charge in [-0.2, -0.15) is 10.2 Å². The van der Waals surface area contributed by atoms with Gasteiger partial charge in [-0.05, 0) is 26.8 Å². The Morgan fingerprint density at radius 2 is 2.06 bits per heavy atom. The average molecular weight is 247 g/mol. The van der Waals surface area contributed by atoms with Gasteiger partial charge in [0.15, 0.2) is 0 Å². The highest BCUT2D eigenvalue weighted by atomic mass is 15.3. The van der Waals surface area contributed by atoms with Crippen molar-refractivity contribution in [2.24, 2.45) is 7.05 Å². The minimum Gasteiger partial charge on any atom is -0.307 e. The molecule has 98 valence electrons. The number of aromatic nitrogens is 4. The summed E-state index contributed by atoms with van der Waals surface area (Å²) in [6, 6.07) is 2.13. The summed E-state index contributed by atoms with van der Waals surface area (Å²) < 4.78 is 3.94. The Morgan fingerprint density at radius 3 is 2.67 bits per heavy atom. The molecular weight excluding hydrogens is 226 g/mol. The van der Waals surface area contributed by atoms with Crippen LogP contribution in [0.2, 0.25) is 0 Å². The van der Waals surface area contributed by atoms with Crippen LogP contribution in [0.4, 0.5) is 0 Å². The van der Waals surface area contributed by atoms with Gasteiger partial charge in [0.2, 0.25) is 0 Å². The second-order valence-corrected chi connectivity index (χ2v) is 4.58. The first-order valence-electron chi connectivity index (χ1n) is 6.33. The molecule has 2 aromatic rings. The predicted molar refractivity (Wildman–Crippen MR) is 71.1 cm³/mol. The first kappa shape index (κ1) is 12.8. The van der Waals surface area contributed by atoms with Crippen LogP contribution in [0.25, 0.3) is 0 Å². The molecule has 2 rings (SSSR count). The molecular formula is C13H21N5. The highest BCUT2D eigenvalue weighted by Gasteiger charge is 2.05. The Hall–Kier alpha value is -1.62. The van der Waals surface area contributed by atoms with Gasteiger partial charge in [0.25, 0.3) is 0 Å². The largest absolute Gasteiger partial charge is 0.307 e. The second kappa shape index (κ2) is 5.35. The summed E-state index contributed by atoms with van der Waals surface area (Å²) in [4.78, 5) is 0. The van der Waals surface area contributed by atoms with Crippen LogP contribution < -0.4 is 5.32 Å². The first-order valence-corrected chi connectivity index (χ1v) is 6.33. The van der Waals surface area contributed by atoms with E-state index in [9.17, 15) is 0 Å². The van der Waals surface area contributed by atoms with Crippen LogP contribution >= 0.6 is 0 Å². The molecule has 0 spiro atoms. The van der Waals surface area contributed by atoms with Crippen LogP contribution in [0.1, 0.15) is 29.6 Å². The summed E-state index contributed by atoms with van der Waals surface area (Å²) >= 11 is 0. The second-order valence-electron chi connectivity index (χ2n) is 4.58. The van der Waals surface area contributed by atoms with Crippen LogP contribution in [-0.2, 0) is 26.7 Å². The van der Waals surface area contributed by atoms with E-state index < -0.39 is 0 Å². The highest BCUT2D eigenvalue weighted by molar-refractivity contribution is 5.16. The molecule has 0 saturated carbocycles. The van der Waals surface area contributed by atoms with Crippen molar-refractivity contribution >= 4 is 0 Å². The van der Waals surface area contributed by atoms with Crippen molar-refractivity contribution in [2.45, 2.75) is 40.4 Å². The summed E-state index contributed by atoms with van der Waals surface area (Å²) in [7, 11) is 1.97. The van der Waals surface area contributed by atoms with E-state index in [0.717, 1.165) is 25.3 Å². The molecule has 0 radical (unpaired) electrons. The van der Waals surface area contributed by atoms with Gasteiger partial charge in [0, 0.05) is 37.9 Å². The van der Waals surface area contributed by atoms with E-state index in [1.807, 2.05) is 29.5 Å². The molecule has 1 N–H and O–H groups in total. The molecule has 0 amide bonds. The summed E-state index contributed by atoms with van der Waals surface area (Å²) in [6.07, 6.45) is 1.92. The molecule has 0 saturated heterocycles. The summed E-state index contributed by atoms with van der Waals surface area (Å²) in [6.45, 7) is 8.82. The van der Waals surface area contributed by atoms with Crippen molar-refractivity contribution in [3.8, 4) is 0 Å². The monoisotopic (exact) mass is 247 g/mol. The summed E-state index contributed by atoms with van der Waals surface area (Å²) in [5.41, 5.74) is 4.77. The molecule has 0 aromatic carbocycles. The quantitative estimate of drug-likeness (QED) is 0.872. The van der Waals surface area contributed by atoms with E-state index >= 15 is 0 Å². The fraction of sp³-hybridized carbons (Fsp3) is 0.538. The lowest BCUT2D eigenvalue weighted by molar-refractivity contribution is 0.578. The molecule has 0 fully saturated rings. The Morgan fingerprint density at radius 1 is 1.28 bits per heavy atom. The minimum atomic E-state index is 0.836. The zero-order chi connectivity index (χ0) is 13.1. The van der Waals surface area contributed by atoms with E-state index in [2.05, 4.69) is 35.4 Å². The van der Waals surface area contributed by atoms with Crippen LogP contribution in [-0.4, -0.2) is 19.6 Å². The molecule has 0 atom stereocenters. The van der Waals surface area contributed by atoms with Crippen molar-refractivity contribution in [3.63, 3.8) is 0 Å². The van der Waals surface area contributed by atoms with Crippen molar-refractivity contribution < 1.29 is 0 Å². The topological polar surface area (TPSA) is 47.7 Å². The molecule has 0 bridgehead atoms. The van der Waals surface area contributed by atoms with Crippen molar-refractivity contribution in [1.82, 2.24) is 24.9 Å². The molecule has 0 aliphatic heterocycles. The highest BCUT2D eigenvalue weighted by Crippen LogP contribution is 2.07. The standard InChI is InChI=1S/C13H21N5/c1-5-18-13(6-10(2)16-18)9-14-7-12-8-15-17(4)11(12)3/h6,8,14H,5,7,9H2,1-4H3. The maximum Gasteiger partial charge on any atom is 0.0597 e. The smallest absolute Gasteiger partial charge is 0.0597 e. The zero-order valence-electron chi connectivity index (χ0n) is 11.6. The molecule has 18 heavy (non-hydrogen) atoms. The van der Waals surface area contributed by atoms with E-state index in [4.69, 9.17) is 0 Å². The Bertz CT molecular complexity index is 523. The van der Waals surface area contributed by atoms with Gasteiger partial charge in [0.1, 0.15) is 0 Å². The summed E-state index contributed by atoms with van der Waals surface area (Å²) in [5.74, 6) is 0. The lowest BCUT2D eigenvalue weighted by atomic mass is 10.2. The van der Waals surface area contributed by atoms with E-state index in [1.165, 1.54) is 17.0 Å².